The highest BCUT2D eigenvalue weighted by Gasteiger charge is 2.32. The van der Waals surface area contributed by atoms with Gasteiger partial charge in [0, 0.05) is 32.4 Å². The molecule has 4 aromatic rings. The number of thioether (sulfide) groups is 1. The van der Waals surface area contributed by atoms with Crippen LogP contribution in [0.3, 0.4) is 0 Å². The van der Waals surface area contributed by atoms with Crippen LogP contribution in [0.4, 0.5) is 19.0 Å². The lowest BCUT2D eigenvalue weighted by atomic mass is 10.2. The number of hydrogen-bond donors (Lipinski definition) is 1. The third-order valence-electron chi connectivity index (χ3n) is 5.41. The van der Waals surface area contributed by atoms with Gasteiger partial charge in [0.2, 0.25) is 11.7 Å². The summed E-state index contributed by atoms with van der Waals surface area (Å²) in [7, 11) is 0. The first-order valence-electron chi connectivity index (χ1n) is 10.0. The summed E-state index contributed by atoms with van der Waals surface area (Å²) in [5, 5.41) is 7.73. The molecule has 0 radical (unpaired) electrons. The van der Waals surface area contributed by atoms with E-state index in [9.17, 15) is 18.0 Å². The molecule has 1 N–H and O–H groups in total. The van der Waals surface area contributed by atoms with Gasteiger partial charge >= 0.3 is 6.18 Å². The molecule has 3 aromatic heterocycles. The monoisotopic (exact) mass is 495 g/mol. The lowest BCUT2D eigenvalue weighted by Gasteiger charge is -2.35. The Morgan fingerprint density at radius 3 is 2.67 bits per heavy atom. The molecule has 0 saturated carbocycles. The molecule has 0 bridgehead atoms. The second kappa shape index (κ2) is 8.41. The number of imidazole rings is 1. The average Bonchev–Trinajstić information content (AvgIpc) is 3.36. The van der Waals surface area contributed by atoms with Crippen molar-refractivity contribution in [1.29, 1.82) is 0 Å². The predicted molar refractivity (Wildman–Crippen MR) is 119 cm³/mol. The first-order chi connectivity index (χ1) is 15.8. The van der Waals surface area contributed by atoms with Crippen LogP contribution in [0.1, 0.15) is 5.56 Å². The number of nitrogens with one attached hydrogen (secondary N) is 1. The van der Waals surface area contributed by atoms with Crippen molar-refractivity contribution >= 4 is 51.9 Å². The summed E-state index contributed by atoms with van der Waals surface area (Å²) in [6.07, 6.45) is -3.72. The number of rotatable bonds is 4. The van der Waals surface area contributed by atoms with Gasteiger partial charge in [-0.3, -0.25) is 9.20 Å². The number of carbonyl (C=O) groups is 1. The van der Waals surface area contributed by atoms with Gasteiger partial charge in [-0.15, -0.1) is 5.10 Å². The fourth-order valence-corrected chi connectivity index (χ4v) is 4.89. The summed E-state index contributed by atoms with van der Waals surface area (Å²) >= 11 is 7.37. The highest BCUT2D eigenvalue weighted by molar-refractivity contribution is 7.99. The van der Waals surface area contributed by atoms with E-state index >= 15 is 0 Å². The Morgan fingerprint density at radius 1 is 1.18 bits per heavy atom. The van der Waals surface area contributed by atoms with Crippen LogP contribution >= 0.6 is 23.4 Å². The Morgan fingerprint density at radius 2 is 1.94 bits per heavy atom. The normalized spacial score (nSPS) is 15.0. The lowest BCUT2D eigenvalue weighted by molar-refractivity contribution is -0.137. The summed E-state index contributed by atoms with van der Waals surface area (Å²) < 4.78 is 40.4. The number of carbonyl (C=O) groups excluding carboxylic acids is 1. The van der Waals surface area contributed by atoms with Crippen molar-refractivity contribution in [2.45, 2.75) is 11.3 Å². The number of piperazine rings is 1. The topological polar surface area (TPSA) is 82.4 Å². The third-order valence-corrected chi connectivity index (χ3v) is 6.61. The first kappa shape index (κ1) is 21.8. The number of H-pyrrole nitrogens is 1. The van der Waals surface area contributed by atoms with Gasteiger partial charge in [0.25, 0.3) is 0 Å². The molecule has 1 aromatic carbocycles. The fraction of sp³-hybridized carbons (Fsp3) is 0.300. The number of halogens is 4. The number of aromatic amines is 1. The van der Waals surface area contributed by atoms with Crippen LogP contribution in [0.2, 0.25) is 5.02 Å². The van der Waals surface area contributed by atoms with E-state index < -0.39 is 11.7 Å². The van der Waals surface area contributed by atoms with Crippen LogP contribution in [0.25, 0.3) is 16.8 Å². The maximum Gasteiger partial charge on any atom is 0.417 e. The number of benzene rings is 1. The van der Waals surface area contributed by atoms with Crippen LogP contribution in [-0.4, -0.2) is 67.3 Å². The van der Waals surface area contributed by atoms with Gasteiger partial charge in [-0.2, -0.15) is 13.2 Å². The van der Waals surface area contributed by atoms with Crippen molar-refractivity contribution < 1.29 is 18.0 Å². The van der Waals surface area contributed by atoms with Crippen molar-refractivity contribution in [2.75, 3.05) is 36.8 Å². The van der Waals surface area contributed by atoms with E-state index in [2.05, 4.69) is 20.2 Å². The zero-order valence-electron chi connectivity index (χ0n) is 17.0. The van der Waals surface area contributed by atoms with Crippen molar-refractivity contribution in [3.8, 4) is 0 Å². The van der Waals surface area contributed by atoms with Crippen LogP contribution in [0.15, 0.2) is 41.7 Å². The molecule has 1 aliphatic rings. The molecule has 1 aliphatic heterocycles. The first-order valence-corrected chi connectivity index (χ1v) is 11.4. The number of alkyl halides is 3. The molecule has 0 aliphatic carbocycles. The van der Waals surface area contributed by atoms with E-state index in [1.807, 2.05) is 28.7 Å². The minimum atomic E-state index is -4.50. The van der Waals surface area contributed by atoms with Gasteiger partial charge in [-0.1, -0.05) is 35.5 Å². The maximum absolute atomic E-state index is 12.8. The van der Waals surface area contributed by atoms with Crippen LogP contribution in [0, 0.1) is 0 Å². The Bertz CT molecular complexity index is 1330. The van der Waals surface area contributed by atoms with Crippen molar-refractivity contribution in [2.24, 2.45) is 0 Å². The molecule has 4 heterocycles. The minimum Gasteiger partial charge on any atom is -0.352 e. The number of amides is 1. The number of aromatic nitrogens is 5. The molecule has 1 fully saturated rings. The molecule has 172 valence electrons. The SMILES string of the molecule is O=C(CSc1n[nH]c2nc3ccccc3n12)N1CCN(c2ncc(C(F)(F)F)cc2Cl)CC1. The van der Waals surface area contributed by atoms with Crippen LogP contribution < -0.4 is 4.90 Å². The van der Waals surface area contributed by atoms with Gasteiger partial charge < -0.3 is 9.80 Å². The van der Waals surface area contributed by atoms with E-state index in [0.29, 0.717) is 37.1 Å². The number of nitrogens with zero attached hydrogens (tertiary/aromatic N) is 6. The third kappa shape index (κ3) is 4.20. The smallest absolute Gasteiger partial charge is 0.352 e. The van der Waals surface area contributed by atoms with Gasteiger partial charge in [0.1, 0.15) is 5.82 Å². The highest BCUT2D eigenvalue weighted by Crippen LogP contribution is 2.33. The van der Waals surface area contributed by atoms with Gasteiger partial charge in [0.15, 0.2) is 5.16 Å². The highest BCUT2D eigenvalue weighted by atomic mass is 35.5. The molecule has 0 atom stereocenters. The standard InChI is InChI=1S/C20H17ClF3N7OS/c21-13-9-12(20(22,23)24)10-25-17(13)30-7-5-29(6-8-30)16(32)11-33-19-28-27-18-26-14-3-1-2-4-15(14)31(18)19/h1-4,9-10H,5-8,11H2,(H,26,27). The Hall–Kier alpha value is -2.99. The van der Waals surface area contributed by atoms with Crippen LogP contribution in [0.5, 0.6) is 0 Å². The number of anilines is 1. The molecule has 33 heavy (non-hydrogen) atoms. The second-order valence-electron chi connectivity index (χ2n) is 7.45. The lowest BCUT2D eigenvalue weighted by Crippen LogP contribution is -2.49. The van der Waals surface area contributed by atoms with E-state index in [1.165, 1.54) is 11.8 Å². The predicted octanol–water partition coefficient (Wildman–Crippen LogP) is 3.72. The van der Waals surface area contributed by atoms with Gasteiger partial charge in [-0.25, -0.2) is 15.1 Å². The molecular weight excluding hydrogens is 479 g/mol. The second-order valence-corrected chi connectivity index (χ2v) is 8.80. The van der Waals surface area contributed by atoms with Crippen LogP contribution in [-0.2, 0) is 11.0 Å². The largest absolute Gasteiger partial charge is 0.417 e. The molecule has 1 saturated heterocycles. The Balaban J connectivity index is 1.21. The van der Waals surface area contributed by atoms with E-state index in [0.717, 1.165) is 23.3 Å². The Kier molecular flexibility index (Phi) is 5.57. The van der Waals surface area contributed by atoms with Crippen molar-refractivity contribution in [3.63, 3.8) is 0 Å². The zero-order valence-corrected chi connectivity index (χ0v) is 18.6. The molecule has 0 unspecified atom stereocenters. The Labute approximate surface area is 194 Å². The molecule has 8 nitrogen and oxygen atoms in total. The summed E-state index contributed by atoms with van der Waals surface area (Å²) in [4.78, 5) is 24.6. The number of para-hydroxylation sites is 2. The van der Waals surface area contributed by atoms with Gasteiger partial charge in [-0.05, 0) is 18.2 Å². The summed E-state index contributed by atoms with van der Waals surface area (Å²) in [5.74, 6) is 1.05. The van der Waals surface area contributed by atoms with E-state index in [1.54, 1.807) is 9.80 Å². The molecule has 13 heteroatoms. The molecule has 1 amide bonds. The number of pyridine rings is 1. The molecule has 0 spiro atoms. The summed E-state index contributed by atoms with van der Waals surface area (Å²) in [5.41, 5.74) is 0.858. The average molecular weight is 496 g/mol. The minimum absolute atomic E-state index is 0.0494. The van der Waals surface area contributed by atoms with Gasteiger partial charge in [0.05, 0.1) is 27.4 Å². The number of fused-ring (bicyclic) bond motifs is 3. The van der Waals surface area contributed by atoms with E-state index in [-0.39, 0.29) is 22.5 Å². The zero-order chi connectivity index (χ0) is 23.2. The summed E-state index contributed by atoms with van der Waals surface area (Å²) in [6, 6.07) is 8.55. The molecular formula is C20H17ClF3N7OS. The van der Waals surface area contributed by atoms with Crippen molar-refractivity contribution in [3.05, 3.63) is 47.1 Å². The fourth-order valence-electron chi connectivity index (χ4n) is 3.74. The maximum atomic E-state index is 12.8. The summed E-state index contributed by atoms with van der Waals surface area (Å²) in [6.45, 7) is 1.69. The number of hydrogen-bond acceptors (Lipinski definition) is 6. The van der Waals surface area contributed by atoms with Crippen molar-refractivity contribution in [1.82, 2.24) is 29.5 Å². The molecule has 5 rings (SSSR count). The van der Waals surface area contributed by atoms with E-state index in [4.69, 9.17) is 11.6 Å². The quantitative estimate of drug-likeness (QED) is 0.435.